The van der Waals surface area contributed by atoms with Gasteiger partial charge in [-0.3, -0.25) is 4.98 Å². The molecule has 6 rings (SSSR count). The van der Waals surface area contributed by atoms with Crippen molar-refractivity contribution in [1.82, 2.24) is 4.98 Å². The van der Waals surface area contributed by atoms with Gasteiger partial charge in [0.25, 0.3) is 0 Å². The minimum atomic E-state index is -0.452. The number of nitrogens with zero attached hydrogens (tertiary/aromatic N) is 2. The predicted molar refractivity (Wildman–Crippen MR) is 135 cm³/mol. The van der Waals surface area contributed by atoms with Gasteiger partial charge in [-0.2, -0.15) is 0 Å². The lowest BCUT2D eigenvalue weighted by molar-refractivity contribution is -0.985. The molecular formula is C26H31Br3N2O. The lowest BCUT2D eigenvalue weighted by atomic mass is 9.70. The predicted octanol–water partition coefficient (Wildman–Crippen LogP) is 3.80. The summed E-state index contributed by atoms with van der Waals surface area (Å²) < 4.78 is 1.02. The number of fused-ring (bicyclic) bond motifs is 4. The van der Waals surface area contributed by atoms with Gasteiger partial charge in [0.2, 0.25) is 0 Å². The highest BCUT2D eigenvalue weighted by Crippen LogP contribution is 2.48. The van der Waals surface area contributed by atoms with E-state index >= 15 is 0 Å². The second kappa shape index (κ2) is 11.6. The average molecular weight is 627 g/mol. The zero-order chi connectivity index (χ0) is 21.8. The van der Waals surface area contributed by atoms with Gasteiger partial charge in [-0.1, -0.05) is 55.5 Å². The van der Waals surface area contributed by atoms with Gasteiger partial charge >= 0.3 is 0 Å². The van der Waals surface area contributed by atoms with E-state index in [9.17, 15) is 5.11 Å². The Bertz CT molecular complexity index is 997. The molecule has 0 aliphatic carbocycles. The minimum Gasteiger partial charge on any atom is -1.00 e. The highest BCUT2D eigenvalue weighted by Gasteiger charge is 2.54. The fraction of sp³-hybridized carbons (Fsp3) is 0.423. The van der Waals surface area contributed by atoms with Crippen LogP contribution in [0.25, 0.3) is 10.9 Å². The number of hydrogen-bond donors (Lipinski definition) is 1. The van der Waals surface area contributed by atoms with Crippen molar-refractivity contribution >= 4 is 39.2 Å². The van der Waals surface area contributed by atoms with Crippen LogP contribution in [0.1, 0.15) is 43.4 Å². The molecular weight excluding hydrogens is 596 g/mol. The van der Waals surface area contributed by atoms with E-state index in [4.69, 9.17) is 0 Å². The number of quaternary nitrogens is 1. The number of aliphatic hydroxyl groups excluding tert-OH is 1. The summed E-state index contributed by atoms with van der Waals surface area (Å²) in [6.07, 6.45) is 5.08. The summed E-state index contributed by atoms with van der Waals surface area (Å²) in [4.78, 5) is 4.51. The van der Waals surface area contributed by atoms with Gasteiger partial charge < -0.3 is 26.6 Å². The lowest BCUT2D eigenvalue weighted by Gasteiger charge is -2.58. The molecule has 1 aromatic heterocycles. The van der Waals surface area contributed by atoms with Crippen LogP contribution >= 0.6 is 28.3 Å². The van der Waals surface area contributed by atoms with Gasteiger partial charge in [-0.15, -0.1) is 0 Å². The van der Waals surface area contributed by atoms with Crippen molar-refractivity contribution < 1.29 is 26.6 Å². The van der Waals surface area contributed by atoms with Gasteiger partial charge in [0.05, 0.1) is 18.6 Å². The van der Waals surface area contributed by atoms with Crippen molar-refractivity contribution in [1.29, 1.82) is 0 Å². The first-order valence-electron chi connectivity index (χ1n) is 11.3. The van der Waals surface area contributed by atoms with E-state index in [0.717, 1.165) is 45.8 Å². The average Bonchev–Trinajstić information content (AvgIpc) is 2.85. The van der Waals surface area contributed by atoms with Crippen molar-refractivity contribution in [3.05, 3.63) is 78.0 Å². The number of para-hydroxylation sites is 1. The molecule has 0 amide bonds. The molecule has 3 aliphatic rings. The van der Waals surface area contributed by atoms with E-state index < -0.39 is 6.10 Å². The maximum Gasteiger partial charge on any atom is 0.131 e. The topological polar surface area (TPSA) is 33.1 Å². The van der Waals surface area contributed by atoms with E-state index in [2.05, 4.69) is 82.6 Å². The second-order valence-electron chi connectivity index (χ2n) is 9.15. The summed E-state index contributed by atoms with van der Waals surface area (Å²) in [5, 5.41) is 12.8. The van der Waals surface area contributed by atoms with Crippen molar-refractivity contribution in [2.24, 2.45) is 11.8 Å². The van der Waals surface area contributed by atoms with Crippen molar-refractivity contribution in [2.75, 3.05) is 13.1 Å². The Morgan fingerprint density at radius 1 is 1.06 bits per heavy atom. The summed E-state index contributed by atoms with van der Waals surface area (Å²) in [7, 11) is 0. The highest BCUT2D eigenvalue weighted by atomic mass is 80.9. The number of hydrogen-bond acceptors (Lipinski definition) is 2. The number of aliphatic hydroxyl groups is 1. The normalized spacial score (nSPS) is 27.2. The van der Waals surface area contributed by atoms with Gasteiger partial charge in [-0.25, -0.2) is 0 Å². The Labute approximate surface area is 217 Å². The molecule has 3 aromatic rings. The summed E-state index contributed by atoms with van der Waals surface area (Å²) in [6, 6.07) is 21.4. The fourth-order valence-corrected chi connectivity index (χ4v) is 6.19. The SMILES string of the molecule is BrBr.CC[C@H]1C[N+]2(Cc3ccccc3)CCC1C[C@@H]2[C@@H](O)c1ccnc2ccccc12.[Br-]. The molecule has 3 saturated heterocycles. The molecule has 2 aromatic carbocycles. The maximum atomic E-state index is 11.7. The summed E-state index contributed by atoms with van der Waals surface area (Å²) in [6.45, 7) is 5.74. The van der Waals surface area contributed by atoms with Crippen LogP contribution < -0.4 is 17.0 Å². The quantitative estimate of drug-likeness (QED) is 0.437. The largest absolute Gasteiger partial charge is 1.00 e. The van der Waals surface area contributed by atoms with Crippen LogP contribution in [0.5, 0.6) is 0 Å². The highest BCUT2D eigenvalue weighted by molar-refractivity contribution is 9.93. The third kappa shape index (κ3) is 5.00. The van der Waals surface area contributed by atoms with E-state index in [1.54, 1.807) is 0 Å². The second-order valence-corrected chi connectivity index (χ2v) is 9.15. The van der Waals surface area contributed by atoms with Crippen LogP contribution in [-0.4, -0.2) is 33.7 Å². The summed E-state index contributed by atoms with van der Waals surface area (Å²) in [5.74, 6) is 1.54. The molecule has 0 radical (unpaired) electrons. The van der Waals surface area contributed by atoms with E-state index in [1.807, 2.05) is 24.4 Å². The molecule has 2 unspecified atom stereocenters. The Morgan fingerprint density at radius 2 is 1.78 bits per heavy atom. The van der Waals surface area contributed by atoms with Crippen molar-refractivity contribution in [3.8, 4) is 0 Å². The fourth-order valence-electron chi connectivity index (χ4n) is 6.19. The zero-order valence-electron chi connectivity index (χ0n) is 18.4. The third-order valence-electron chi connectivity index (χ3n) is 7.69. The number of rotatable bonds is 5. The summed E-state index contributed by atoms with van der Waals surface area (Å²) >= 11 is 5.50. The molecule has 3 aliphatic heterocycles. The van der Waals surface area contributed by atoms with E-state index in [0.29, 0.717) is 0 Å². The van der Waals surface area contributed by atoms with Gasteiger partial charge in [0.1, 0.15) is 18.7 Å². The smallest absolute Gasteiger partial charge is 0.131 e. The van der Waals surface area contributed by atoms with Crippen LogP contribution in [0.3, 0.4) is 0 Å². The van der Waals surface area contributed by atoms with E-state index in [-0.39, 0.29) is 23.0 Å². The van der Waals surface area contributed by atoms with E-state index in [1.165, 1.54) is 31.5 Å². The monoisotopic (exact) mass is 624 g/mol. The Kier molecular flexibility index (Phi) is 9.33. The molecule has 0 saturated carbocycles. The molecule has 3 nitrogen and oxygen atoms in total. The third-order valence-corrected chi connectivity index (χ3v) is 7.69. The minimum absolute atomic E-state index is 0. The number of benzene rings is 2. The molecule has 32 heavy (non-hydrogen) atoms. The van der Waals surface area contributed by atoms with Crippen molar-refractivity contribution in [3.63, 3.8) is 0 Å². The van der Waals surface area contributed by atoms with Gasteiger partial charge in [0, 0.05) is 64.2 Å². The van der Waals surface area contributed by atoms with Gasteiger partial charge in [-0.05, 0) is 30.0 Å². The first-order chi connectivity index (χ1) is 15.2. The molecule has 1 N–H and O–H groups in total. The molecule has 4 heterocycles. The number of piperidine rings is 3. The molecule has 0 spiro atoms. The standard InChI is InChI=1S/C26H31N2O.Br2.BrH/c1-2-20-18-28(17-19-8-4-3-5-9-19)15-13-21(20)16-25(28)26(29)23-12-14-27-24-11-7-6-10-22(23)24;1-2;/h3-12,14,20-21,25-26,29H,2,13,15-18H2,1H3;;1H/q+1;;/p-1/t20-,21?,25+,26-,28?;;/m0../s1. The first kappa shape index (κ1) is 25.8. The first-order valence-corrected chi connectivity index (χ1v) is 15.0. The molecule has 3 fully saturated rings. The number of aromatic nitrogens is 1. The maximum absolute atomic E-state index is 11.7. The lowest BCUT2D eigenvalue weighted by Crippen LogP contribution is -3.00. The van der Waals surface area contributed by atoms with Crippen LogP contribution in [-0.2, 0) is 6.54 Å². The van der Waals surface area contributed by atoms with Crippen molar-refractivity contribution in [2.45, 2.75) is 44.9 Å². The number of pyridine rings is 1. The van der Waals surface area contributed by atoms with Crippen LogP contribution in [0.4, 0.5) is 0 Å². The van der Waals surface area contributed by atoms with Gasteiger partial charge in [0.15, 0.2) is 0 Å². The molecule has 2 bridgehead atoms. The van der Waals surface area contributed by atoms with Crippen LogP contribution in [0, 0.1) is 11.8 Å². The zero-order valence-corrected chi connectivity index (χ0v) is 23.1. The summed E-state index contributed by atoms with van der Waals surface area (Å²) in [5.41, 5.74) is 3.41. The molecule has 5 atom stereocenters. The Hall–Kier alpha value is -0.790. The Balaban J connectivity index is 0.000000938. The van der Waals surface area contributed by atoms with Crippen LogP contribution in [0.2, 0.25) is 0 Å². The Morgan fingerprint density at radius 3 is 2.53 bits per heavy atom. The number of halogens is 3. The van der Waals surface area contributed by atoms with Crippen LogP contribution in [0.15, 0.2) is 66.9 Å². The molecule has 6 heteroatoms. The molecule has 172 valence electrons.